The van der Waals surface area contributed by atoms with Gasteiger partial charge in [-0.1, -0.05) is 77.0 Å². The predicted molar refractivity (Wildman–Crippen MR) is 146 cm³/mol. The fourth-order valence-electron chi connectivity index (χ4n) is 10.8. The van der Waals surface area contributed by atoms with E-state index < -0.39 is 0 Å². The molecular weight excluding hydrogens is 424 g/mol. The molecule has 0 aromatic heterocycles. The first-order valence-electron chi connectivity index (χ1n) is 16.7. The van der Waals surface area contributed by atoms with Crippen molar-refractivity contribution >= 4 is 0 Å². The second-order valence-corrected chi connectivity index (χ2v) is 14.2. The minimum absolute atomic E-state index is 0.859. The summed E-state index contributed by atoms with van der Waals surface area (Å²) in [5, 5.41) is 0. The average Bonchev–Trinajstić information content (AvgIpc) is 3.30. The lowest BCUT2D eigenvalue weighted by molar-refractivity contribution is -0.0133. The Bertz CT molecular complexity index is 771. The second-order valence-electron chi connectivity index (χ2n) is 14.2. The highest BCUT2D eigenvalue weighted by atomic mass is 15.4. The van der Waals surface area contributed by atoms with Crippen molar-refractivity contribution in [3.05, 3.63) is 11.4 Å². The minimum Gasteiger partial charge on any atom is -0.365 e. The summed E-state index contributed by atoms with van der Waals surface area (Å²) in [6, 6.07) is 3.46. The molecule has 0 spiro atoms. The van der Waals surface area contributed by atoms with Crippen molar-refractivity contribution < 1.29 is 0 Å². The summed E-state index contributed by atoms with van der Waals surface area (Å²) < 4.78 is 0. The lowest BCUT2D eigenvalue weighted by Gasteiger charge is -2.60. The Morgan fingerprint density at radius 2 is 1.06 bits per heavy atom. The number of rotatable bonds is 0. The Morgan fingerprint density at radius 1 is 0.429 bits per heavy atom. The van der Waals surface area contributed by atoms with Crippen molar-refractivity contribution in [3.63, 3.8) is 0 Å². The van der Waals surface area contributed by atoms with Crippen LogP contribution in [0.4, 0.5) is 0 Å². The van der Waals surface area contributed by atoms with Crippen LogP contribution < -0.4 is 0 Å². The van der Waals surface area contributed by atoms with Crippen molar-refractivity contribution in [2.75, 3.05) is 0 Å². The molecule has 7 aliphatic rings. The molecule has 2 saturated heterocycles. The smallest absolute Gasteiger partial charge is 0.0497 e. The maximum atomic E-state index is 3.25. The summed E-state index contributed by atoms with van der Waals surface area (Å²) in [4.78, 5) is 6.49. The van der Waals surface area contributed by atoms with Crippen molar-refractivity contribution in [1.29, 1.82) is 0 Å². The average molecular weight is 479 g/mol. The van der Waals surface area contributed by atoms with E-state index in [2.05, 4.69) is 9.80 Å². The van der Waals surface area contributed by atoms with Crippen LogP contribution in [0.1, 0.15) is 148 Å². The fraction of sp³-hybridized carbons (Fsp3) is 0.939. The molecule has 5 fully saturated rings. The molecule has 3 aliphatic heterocycles. The first-order valence-corrected chi connectivity index (χ1v) is 16.7. The molecule has 8 atom stereocenters. The van der Waals surface area contributed by atoms with Crippen molar-refractivity contribution in [3.8, 4) is 0 Å². The van der Waals surface area contributed by atoms with Gasteiger partial charge >= 0.3 is 0 Å². The van der Waals surface area contributed by atoms with Gasteiger partial charge in [-0.2, -0.15) is 0 Å². The SMILES string of the molecule is C1CCCC2CC(CCC1)N1C3=C(CCCCCC32)N2C3CCCCCCC(CC3)C3CC2C1C3. The fourth-order valence-corrected chi connectivity index (χ4v) is 10.8. The van der Waals surface area contributed by atoms with Gasteiger partial charge < -0.3 is 9.80 Å². The van der Waals surface area contributed by atoms with E-state index in [1.807, 2.05) is 11.4 Å². The predicted octanol–water partition coefficient (Wildman–Crippen LogP) is 8.81. The summed E-state index contributed by atoms with van der Waals surface area (Å²) in [5.74, 6) is 3.96. The third kappa shape index (κ3) is 4.29. The van der Waals surface area contributed by atoms with Crippen molar-refractivity contribution in [2.24, 2.45) is 23.7 Å². The number of hydrogen-bond acceptors (Lipinski definition) is 2. The van der Waals surface area contributed by atoms with Crippen molar-refractivity contribution in [2.45, 2.75) is 172 Å². The highest BCUT2D eigenvalue weighted by Crippen LogP contribution is 2.56. The molecule has 2 heteroatoms. The van der Waals surface area contributed by atoms with Crippen LogP contribution in [0, 0.1) is 23.7 Å². The maximum Gasteiger partial charge on any atom is 0.0497 e. The van der Waals surface area contributed by atoms with Crippen LogP contribution in [-0.4, -0.2) is 34.0 Å². The molecule has 3 heterocycles. The summed E-state index contributed by atoms with van der Waals surface area (Å²) in [6.07, 6.45) is 34.7. The number of allylic oxidation sites excluding steroid dienone is 2. The molecule has 0 radical (unpaired) electrons. The third-order valence-corrected chi connectivity index (χ3v) is 12.4. The molecule has 8 unspecified atom stereocenters. The van der Waals surface area contributed by atoms with Gasteiger partial charge in [0.2, 0.25) is 0 Å². The van der Waals surface area contributed by atoms with Gasteiger partial charge in [-0.3, -0.25) is 0 Å². The van der Waals surface area contributed by atoms with Crippen LogP contribution in [0.15, 0.2) is 11.4 Å². The van der Waals surface area contributed by atoms with Crippen LogP contribution in [0.25, 0.3) is 0 Å². The van der Waals surface area contributed by atoms with Crippen LogP contribution in [-0.2, 0) is 0 Å². The van der Waals surface area contributed by atoms with Gasteiger partial charge in [0.25, 0.3) is 0 Å². The zero-order chi connectivity index (χ0) is 23.2. The van der Waals surface area contributed by atoms with E-state index in [0.717, 1.165) is 47.8 Å². The van der Waals surface area contributed by atoms with Gasteiger partial charge in [-0.15, -0.1) is 0 Å². The zero-order valence-electron chi connectivity index (χ0n) is 22.8. The summed E-state index contributed by atoms with van der Waals surface area (Å²) in [5.41, 5.74) is 3.91. The van der Waals surface area contributed by atoms with E-state index in [4.69, 9.17) is 0 Å². The summed E-state index contributed by atoms with van der Waals surface area (Å²) in [7, 11) is 0. The second kappa shape index (κ2) is 10.2. The van der Waals surface area contributed by atoms with Crippen LogP contribution >= 0.6 is 0 Å². The van der Waals surface area contributed by atoms with Crippen LogP contribution in [0.2, 0.25) is 0 Å². The van der Waals surface area contributed by atoms with Gasteiger partial charge in [0, 0.05) is 41.5 Å². The Balaban J connectivity index is 1.34. The molecule has 7 rings (SSSR count). The third-order valence-electron chi connectivity index (χ3n) is 12.4. The van der Waals surface area contributed by atoms with Crippen LogP contribution in [0.5, 0.6) is 0 Å². The zero-order valence-corrected chi connectivity index (χ0v) is 22.8. The molecule has 0 amide bonds. The normalized spacial score (nSPS) is 44.6. The van der Waals surface area contributed by atoms with E-state index in [1.54, 1.807) is 32.1 Å². The molecular formula is C33H54N2. The van der Waals surface area contributed by atoms with E-state index in [9.17, 15) is 0 Å². The number of nitrogens with zero attached hydrogens (tertiary/aromatic N) is 2. The van der Waals surface area contributed by atoms with Crippen molar-refractivity contribution in [1.82, 2.24) is 9.80 Å². The number of hydrogen-bond donors (Lipinski definition) is 0. The molecule has 4 aliphatic carbocycles. The summed E-state index contributed by atoms with van der Waals surface area (Å²) in [6.45, 7) is 0. The van der Waals surface area contributed by atoms with Gasteiger partial charge in [0.05, 0.1) is 0 Å². The number of piperidine rings is 1. The van der Waals surface area contributed by atoms with Crippen LogP contribution in [0.3, 0.4) is 0 Å². The van der Waals surface area contributed by atoms with Gasteiger partial charge in [-0.05, 0) is 88.4 Å². The molecule has 0 N–H and O–H groups in total. The quantitative estimate of drug-likeness (QED) is 0.343. The van der Waals surface area contributed by atoms with Gasteiger partial charge in [-0.25, -0.2) is 0 Å². The molecule has 0 aromatic rings. The monoisotopic (exact) mass is 478 g/mol. The standard InChI is InChI=1S/C33H54N2/c1-2-8-14-25-21-28(16-10-3-1)35-32-23-26-22-31(32)34(30-18-12-6-11-17-29(25)33(30)35)27-15-9-5-4-7-13-24(26)19-20-27/h24-29,31-32H,1-23H2. The Morgan fingerprint density at radius 3 is 1.89 bits per heavy atom. The minimum atomic E-state index is 0.859. The Kier molecular flexibility index (Phi) is 6.87. The Hall–Kier alpha value is -0.660. The largest absolute Gasteiger partial charge is 0.365 e. The molecule has 196 valence electrons. The highest BCUT2D eigenvalue weighted by molar-refractivity contribution is 5.29. The van der Waals surface area contributed by atoms with E-state index in [1.165, 1.54) is 116 Å². The summed E-state index contributed by atoms with van der Waals surface area (Å²) >= 11 is 0. The van der Waals surface area contributed by atoms with Gasteiger partial charge in [0.15, 0.2) is 0 Å². The maximum absolute atomic E-state index is 3.25. The highest BCUT2D eigenvalue weighted by Gasteiger charge is 2.55. The molecule has 35 heavy (non-hydrogen) atoms. The lowest BCUT2D eigenvalue weighted by atomic mass is 9.69. The number of fused-ring (bicyclic) bond motifs is 12. The first-order chi connectivity index (χ1) is 17.4. The van der Waals surface area contributed by atoms with E-state index in [-0.39, 0.29) is 0 Å². The first kappa shape index (κ1) is 23.5. The Labute approximate surface area is 216 Å². The molecule has 3 saturated carbocycles. The van der Waals surface area contributed by atoms with Gasteiger partial charge in [0.1, 0.15) is 0 Å². The lowest BCUT2D eigenvalue weighted by Crippen LogP contribution is -2.62. The topological polar surface area (TPSA) is 6.48 Å². The molecule has 6 bridgehead atoms. The molecule has 0 aromatic carbocycles. The molecule has 2 nitrogen and oxygen atoms in total. The van der Waals surface area contributed by atoms with E-state index >= 15 is 0 Å². The van der Waals surface area contributed by atoms with E-state index in [0.29, 0.717) is 0 Å².